The first-order valence-corrected chi connectivity index (χ1v) is 7.38. The number of nitrogens with one attached hydrogen (secondary N) is 1. The third-order valence-corrected chi connectivity index (χ3v) is 4.47. The lowest BCUT2D eigenvalue weighted by atomic mass is 10.1. The fraction of sp³-hybridized carbons (Fsp3) is 0.500. The molecule has 0 spiro atoms. The van der Waals surface area contributed by atoms with E-state index in [1.54, 1.807) is 6.92 Å². The molecule has 0 radical (unpaired) electrons. The van der Waals surface area contributed by atoms with Crippen molar-refractivity contribution < 1.29 is 4.79 Å². The van der Waals surface area contributed by atoms with Crippen molar-refractivity contribution in [3.63, 3.8) is 0 Å². The summed E-state index contributed by atoms with van der Waals surface area (Å²) in [5.41, 5.74) is 1.91. The minimum atomic E-state index is 0.125. The highest BCUT2D eigenvalue weighted by molar-refractivity contribution is 7.99. The van der Waals surface area contributed by atoms with E-state index in [2.05, 4.69) is 11.6 Å². The standard InChI is InChI=1S/C14H19NOS/c1-10(16)11-3-5-12(6-4-11)15-13-7-8-14(9-13)17-2/h3-6,13-15H,7-9H2,1-2H3. The first kappa shape index (κ1) is 12.5. The van der Waals surface area contributed by atoms with Gasteiger partial charge in [0.2, 0.25) is 0 Å². The minimum Gasteiger partial charge on any atom is -0.382 e. The van der Waals surface area contributed by atoms with Crippen molar-refractivity contribution in [2.45, 2.75) is 37.5 Å². The van der Waals surface area contributed by atoms with E-state index in [9.17, 15) is 4.79 Å². The molecule has 1 aromatic carbocycles. The average Bonchev–Trinajstić information content (AvgIpc) is 2.77. The Morgan fingerprint density at radius 1 is 1.29 bits per heavy atom. The van der Waals surface area contributed by atoms with Crippen molar-refractivity contribution in [3.8, 4) is 0 Å². The summed E-state index contributed by atoms with van der Waals surface area (Å²) in [6.45, 7) is 1.60. The molecule has 0 saturated heterocycles. The van der Waals surface area contributed by atoms with Gasteiger partial charge in [0.15, 0.2) is 5.78 Å². The molecule has 2 atom stereocenters. The fourth-order valence-electron chi connectivity index (χ4n) is 2.32. The van der Waals surface area contributed by atoms with E-state index in [0.717, 1.165) is 16.5 Å². The lowest BCUT2D eigenvalue weighted by Gasteiger charge is -2.14. The zero-order valence-corrected chi connectivity index (χ0v) is 11.2. The molecule has 17 heavy (non-hydrogen) atoms. The van der Waals surface area contributed by atoms with Crippen LogP contribution in [-0.4, -0.2) is 23.3 Å². The van der Waals surface area contributed by atoms with Gasteiger partial charge in [-0.1, -0.05) is 0 Å². The van der Waals surface area contributed by atoms with Crippen molar-refractivity contribution in [1.82, 2.24) is 0 Å². The average molecular weight is 249 g/mol. The number of thioether (sulfide) groups is 1. The number of benzene rings is 1. The van der Waals surface area contributed by atoms with Gasteiger partial charge in [-0.2, -0.15) is 11.8 Å². The molecule has 3 heteroatoms. The molecule has 92 valence electrons. The molecule has 1 saturated carbocycles. The van der Waals surface area contributed by atoms with Crippen LogP contribution in [0.1, 0.15) is 36.5 Å². The quantitative estimate of drug-likeness (QED) is 0.827. The summed E-state index contributed by atoms with van der Waals surface area (Å²) in [4.78, 5) is 11.2. The molecule has 1 aliphatic carbocycles. The predicted octanol–water partition coefficient (Wildman–Crippen LogP) is 3.59. The summed E-state index contributed by atoms with van der Waals surface area (Å²) in [5, 5.41) is 4.36. The van der Waals surface area contributed by atoms with Gasteiger partial charge in [-0.15, -0.1) is 0 Å². The van der Waals surface area contributed by atoms with Gasteiger partial charge in [0.05, 0.1) is 0 Å². The third kappa shape index (κ3) is 3.25. The maximum atomic E-state index is 11.2. The third-order valence-electron chi connectivity index (χ3n) is 3.38. The Labute approximate surface area is 107 Å². The number of carbonyl (C=O) groups is 1. The molecule has 2 nitrogen and oxygen atoms in total. The van der Waals surface area contributed by atoms with E-state index in [-0.39, 0.29) is 5.78 Å². The zero-order valence-electron chi connectivity index (χ0n) is 10.4. The number of ketones is 1. The Morgan fingerprint density at radius 2 is 2.00 bits per heavy atom. The molecule has 1 fully saturated rings. The number of hydrogen-bond donors (Lipinski definition) is 1. The van der Waals surface area contributed by atoms with Crippen LogP contribution >= 0.6 is 11.8 Å². The maximum absolute atomic E-state index is 11.2. The second kappa shape index (κ2) is 5.58. The SMILES string of the molecule is CSC1CCC(Nc2ccc(C(C)=O)cc2)C1. The molecule has 0 heterocycles. The summed E-state index contributed by atoms with van der Waals surface area (Å²) in [7, 11) is 0. The Morgan fingerprint density at radius 3 is 2.53 bits per heavy atom. The highest BCUT2D eigenvalue weighted by atomic mass is 32.2. The van der Waals surface area contributed by atoms with Gasteiger partial charge >= 0.3 is 0 Å². The first-order valence-electron chi connectivity index (χ1n) is 6.09. The Hall–Kier alpha value is -0.960. The highest BCUT2D eigenvalue weighted by Crippen LogP contribution is 2.30. The predicted molar refractivity (Wildman–Crippen MR) is 75.0 cm³/mol. The molecule has 0 bridgehead atoms. The molecule has 0 aliphatic heterocycles. The molecule has 0 amide bonds. The van der Waals surface area contributed by atoms with Crippen molar-refractivity contribution in [2.24, 2.45) is 0 Å². The van der Waals surface area contributed by atoms with E-state index in [1.807, 2.05) is 36.0 Å². The Kier molecular flexibility index (Phi) is 4.11. The number of rotatable bonds is 4. The zero-order chi connectivity index (χ0) is 12.3. The summed E-state index contributed by atoms with van der Waals surface area (Å²) in [6.07, 6.45) is 5.99. The number of anilines is 1. The van der Waals surface area contributed by atoms with Gasteiger partial charge in [0, 0.05) is 22.5 Å². The summed E-state index contributed by atoms with van der Waals surface area (Å²) in [6, 6.07) is 8.39. The number of Topliss-reactive ketones (excluding diaryl/α,β-unsaturated/α-hetero) is 1. The molecule has 2 unspecified atom stereocenters. The maximum Gasteiger partial charge on any atom is 0.159 e. The number of hydrogen-bond acceptors (Lipinski definition) is 3. The fourth-order valence-corrected chi connectivity index (χ4v) is 3.12. The van der Waals surface area contributed by atoms with Gasteiger partial charge < -0.3 is 5.32 Å². The van der Waals surface area contributed by atoms with Crippen LogP contribution in [0.25, 0.3) is 0 Å². The van der Waals surface area contributed by atoms with Gasteiger partial charge in [0.1, 0.15) is 0 Å². The molecule has 2 rings (SSSR count). The van der Waals surface area contributed by atoms with Crippen LogP contribution in [-0.2, 0) is 0 Å². The van der Waals surface area contributed by atoms with Crippen LogP contribution in [0.4, 0.5) is 5.69 Å². The second-order valence-electron chi connectivity index (χ2n) is 4.65. The molecule has 1 aromatic rings. The first-order chi connectivity index (χ1) is 8.19. The Bertz CT molecular complexity index is 388. The van der Waals surface area contributed by atoms with Crippen LogP contribution in [0.2, 0.25) is 0 Å². The van der Waals surface area contributed by atoms with Gasteiger partial charge in [-0.25, -0.2) is 0 Å². The van der Waals surface area contributed by atoms with Crippen LogP contribution < -0.4 is 5.32 Å². The topological polar surface area (TPSA) is 29.1 Å². The molecule has 1 N–H and O–H groups in total. The summed E-state index contributed by atoms with van der Waals surface area (Å²) in [5.74, 6) is 0.125. The van der Waals surface area contributed by atoms with Gasteiger partial charge in [-0.3, -0.25) is 4.79 Å². The lowest BCUT2D eigenvalue weighted by molar-refractivity contribution is 0.101. The number of carbonyl (C=O) groups excluding carboxylic acids is 1. The van der Waals surface area contributed by atoms with E-state index in [0.29, 0.717) is 6.04 Å². The molecule has 0 aromatic heterocycles. The molecular weight excluding hydrogens is 230 g/mol. The normalized spacial score (nSPS) is 23.6. The van der Waals surface area contributed by atoms with Crippen LogP contribution in [0.5, 0.6) is 0 Å². The largest absolute Gasteiger partial charge is 0.382 e. The van der Waals surface area contributed by atoms with E-state index in [4.69, 9.17) is 0 Å². The second-order valence-corrected chi connectivity index (χ2v) is 5.78. The van der Waals surface area contributed by atoms with Crippen molar-refractivity contribution in [3.05, 3.63) is 29.8 Å². The summed E-state index contributed by atoms with van der Waals surface area (Å²) < 4.78 is 0. The van der Waals surface area contributed by atoms with Crippen LogP contribution in [0.3, 0.4) is 0 Å². The van der Waals surface area contributed by atoms with Gasteiger partial charge in [-0.05, 0) is 56.7 Å². The van der Waals surface area contributed by atoms with Crippen LogP contribution in [0.15, 0.2) is 24.3 Å². The molecular formula is C14H19NOS. The molecule has 1 aliphatic rings. The minimum absolute atomic E-state index is 0.125. The van der Waals surface area contributed by atoms with E-state index >= 15 is 0 Å². The van der Waals surface area contributed by atoms with Crippen molar-refractivity contribution in [2.75, 3.05) is 11.6 Å². The van der Waals surface area contributed by atoms with Crippen LogP contribution in [0, 0.1) is 0 Å². The monoisotopic (exact) mass is 249 g/mol. The smallest absolute Gasteiger partial charge is 0.159 e. The highest BCUT2D eigenvalue weighted by Gasteiger charge is 2.23. The lowest BCUT2D eigenvalue weighted by Crippen LogP contribution is -2.15. The summed E-state index contributed by atoms with van der Waals surface area (Å²) >= 11 is 1.97. The van der Waals surface area contributed by atoms with Crippen molar-refractivity contribution in [1.29, 1.82) is 0 Å². The Balaban J connectivity index is 1.93. The van der Waals surface area contributed by atoms with E-state index in [1.165, 1.54) is 19.3 Å². The van der Waals surface area contributed by atoms with Crippen molar-refractivity contribution >= 4 is 23.2 Å². The van der Waals surface area contributed by atoms with Gasteiger partial charge in [0.25, 0.3) is 0 Å². The van der Waals surface area contributed by atoms with E-state index < -0.39 is 0 Å².